The highest BCUT2D eigenvalue weighted by molar-refractivity contribution is 6.00. The highest BCUT2D eigenvalue weighted by Crippen LogP contribution is 2.28. The Balaban J connectivity index is 1.31. The fourth-order valence-electron chi connectivity index (χ4n) is 3.91. The molecule has 0 radical (unpaired) electrons. The van der Waals surface area contributed by atoms with Gasteiger partial charge in [0.05, 0.1) is 5.92 Å². The Morgan fingerprint density at radius 2 is 1.67 bits per heavy atom. The molecule has 1 aromatic rings. The van der Waals surface area contributed by atoms with Crippen LogP contribution in [0.3, 0.4) is 0 Å². The molecule has 1 aliphatic carbocycles. The van der Waals surface area contributed by atoms with Crippen LogP contribution in [0.25, 0.3) is 0 Å². The van der Waals surface area contributed by atoms with E-state index in [1.165, 1.54) is 12.1 Å². The van der Waals surface area contributed by atoms with Gasteiger partial charge in [0.2, 0.25) is 17.7 Å². The molecule has 2 saturated heterocycles. The van der Waals surface area contributed by atoms with Gasteiger partial charge >= 0.3 is 0 Å². The summed E-state index contributed by atoms with van der Waals surface area (Å²) in [5.74, 6) is -0.766. The molecule has 144 valence electrons. The second kappa shape index (κ2) is 7.29. The predicted octanol–water partition coefficient (Wildman–Crippen LogP) is 1.70. The number of benzene rings is 1. The summed E-state index contributed by atoms with van der Waals surface area (Å²) in [6.07, 6.45) is 3.67. The molecule has 1 unspecified atom stereocenters. The summed E-state index contributed by atoms with van der Waals surface area (Å²) < 4.78 is 13.1. The number of likely N-dealkylation sites (tertiary alicyclic amines) is 1. The van der Waals surface area contributed by atoms with E-state index in [2.05, 4.69) is 5.32 Å². The van der Waals surface area contributed by atoms with Gasteiger partial charge in [0.25, 0.3) is 0 Å². The van der Waals surface area contributed by atoms with Gasteiger partial charge in [-0.1, -0.05) is 0 Å². The average Bonchev–Trinajstić information content (AvgIpc) is 3.41. The maximum atomic E-state index is 13.1. The first-order valence-electron chi connectivity index (χ1n) is 9.66. The van der Waals surface area contributed by atoms with Crippen LogP contribution in [0, 0.1) is 17.7 Å². The second-order valence-electron chi connectivity index (χ2n) is 7.76. The van der Waals surface area contributed by atoms with Crippen LogP contribution < -0.4 is 10.2 Å². The van der Waals surface area contributed by atoms with E-state index >= 15 is 0 Å². The van der Waals surface area contributed by atoms with Crippen molar-refractivity contribution in [2.24, 2.45) is 11.8 Å². The largest absolute Gasteiger partial charge is 0.353 e. The molecule has 1 saturated carbocycles. The van der Waals surface area contributed by atoms with Crippen molar-refractivity contribution in [2.45, 2.75) is 38.1 Å². The lowest BCUT2D eigenvalue weighted by Gasteiger charge is -2.33. The molecule has 0 spiro atoms. The fourth-order valence-corrected chi connectivity index (χ4v) is 3.91. The van der Waals surface area contributed by atoms with E-state index in [1.54, 1.807) is 21.9 Å². The second-order valence-corrected chi connectivity index (χ2v) is 7.76. The maximum absolute atomic E-state index is 13.1. The molecule has 6 nitrogen and oxygen atoms in total. The molecular formula is C20H24FN3O3. The zero-order valence-corrected chi connectivity index (χ0v) is 15.2. The number of nitrogens with zero attached hydrogens (tertiary/aromatic N) is 2. The molecule has 0 bridgehead atoms. The van der Waals surface area contributed by atoms with Gasteiger partial charge in [-0.15, -0.1) is 0 Å². The van der Waals surface area contributed by atoms with Crippen LogP contribution >= 0.6 is 0 Å². The fraction of sp³-hybridized carbons (Fsp3) is 0.550. The molecule has 3 fully saturated rings. The molecule has 3 aliphatic rings. The third-order valence-electron chi connectivity index (χ3n) is 5.71. The molecule has 4 rings (SSSR count). The average molecular weight is 373 g/mol. The highest BCUT2D eigenvalue weighted by Gasteiger charge is 2.39. The van der Waals surface area contributed by atoms with Crippen LogP contribution in [0.1, 0.15) is 32.1 Å². The van der Waals surface area contributed by atoms with E-state index in [0.29, 0.717) is 44.2 Å². The summed E-state index contributed by atoms with van der Waals surface area (Å²) in [6.45, 7) is 1.44. The van der Waals surface area contributed by atoms with Crippen molar-refractivity contribution < 1.29 is 18.8 Å². The zero-order chi connectivity index (χ0) is 19.0. The Morgan fingerprint density at radius 3 is 2.30 bits per heavy atom. The summed E-state index contributed by atoms with van der Waals surface area (Å²) in [4.78, 5) is 40.6. The van der Waals surface area contributed by atoms with E-state index < -0.39 is 0 Å². The van der Waals surface area contributed by atoms with Gasteiger partial charge in [-0.2, -0.15) is 0 Å². The lowest BCUT2D eigenvalue weighted by Crippen LogP contribution is -2.45. The predicted molar refractivity (Wildman–Crippen MR) is 97.3 cm³/mol. The number of piperidine rings is 1. The van der Waals surface area contributed by atoms with Crippen molar-refractivity contribution in [3.8, 4) is 0 Å². The Kier molecular flexibility index (Phi) is 4.85. The lowest BCUT2D eigenvalue weighted by molar-refractivity contribution is -0.139. The minimum atomic E-state index is -0.376. The number of anilines is 1. The quantitative estimate of drug-likeness (QED) is 0.873. The van der Waals surface area contributed by atoms with Crippen LogP contribution in [-0.2, 0) is 14.4 Å². The molecule has 1 N–H and O–H groups in total. The number of halogens is 1. The topological polar surface area (TPSA) is 69.7 Å². The van der Waals surface area contributed by atoms with Gasteiger partial charge in [-0.25, -0.2) is 4.39 Å². The highest BCUT2D eigenvalue weighted by atomic mass is 19.1. The van der Waals surface area contributed by atoms with E-state index in [4.69, 9.17) is 0 Å². The molecule has 1 atom stereocenters. The molecule has 2 heterocycles. The number of hydrogen-bond acceptors (Lipinski definition) is 3. The Morgan fingerprint density at radius 1 is 1.00 bits per heavy atom. The number of carbonyl (C=O) groups is 3. The monoisotopic (exact) mass is 373 g/mol. The molecule has 1 aromatic carbocycles. The van der Waals surface area contributed by atoms with E-state index in [-0.39, 0.29) is 41.8 Å². The summed E-state index contributed by atoms with van der Waals surface area (Å²) in [5.41, 5.74) is 0.618. The van der Waals surface area contributed by atoms with E-state index in [9.17, 15) is 18.8 Å². The van der Waals surface area contributed by atoms with Crippen LogP contribution in [-0.4, -0.2) is 48.3 Å². The Hall–Kier alpha value is -2.44. The summed E-state index contributed by atoms with van der Waals surface area (Å²) in [5, 5.41) is 3.04. The van der Waals surface area contributed by atoms with Crippen molar-refractivity contribution in [3.05, 3.63) is 30.1 Å². The van der Waals surface area contributed by atoms with Gasteiger partial charge in [0.1, 0.15) is 5.82 Å². The Labute approximate surface area is 157 Å². The van der Waals surface area contributed by atoms with Crippen molar-refractivity contribution in [2.75, 3.05) is 24.5 Å². The first-order valence-corrected chi connectivity index (χ1v) is 9.66. The van der Waals surface area contributed by atoms with Crippen LogP contribution in [0.2, 0.25) is 0 Å². The van der Waals surface area contributed by atoms with Crippen LogP contribution in [0.15, 0.2) is 24.3 Å². The van der Waals surface area contributed by atoms with Crippen LogP contribution in [0.5, 0.6) is 0 Å². The normalized spacial score (nSPS) is 23.6. The van der Waals surface area contributed by atoms with Gasteiger partial charge < -0.3 is 15.1 Å². The van der Waals surface area contributed by atoms with Crippen LogP contribution in [0.4, 0.5) is 10.1 Å². The molecule has 7 heteroatoms. The first kappa shape index (κ1) is 17.9. The van der Waals surface area contributed by atoms with E-state index in [0.717, 1.165) is 12.8 Å². The van der Waals surface area contributed by atoms with Gasteiger partial charge in [0.15, 0.2) is 0 Å². The van der Waals surface area contributed by atoms with Crippen molar-refractivity contribution in [1.29, 1.82) is 0 Å². The zero-order valence-electron chi connectivity index (χ0n) is 15.2. The summed E-state index contributed by atoms with van der Waals surface area (Å²) in [6, 6.07) is 6.11. The molecule has 3 amide bonds. The SMILES string of the molecule is O=C(NC1CC1)C1CCN(C(=O)C2CC(=O)N(c3ccc(F)cc3)C2)CC1. The standard InChI is InChI=1S/C20H24FN3O3/c21-15-1-5-17(6-2-15)24-12-14(11-18(24)25)20(27)23-9-7-13(8-10-23)19(26)22-16-3-4-16/h1-2,5-6,13-14,16H,3-4,7-12H2,(H,22,26). The number of hydrogen-bond donors (Lipinski definition) is 1. The lowest BCUT2D eigenvalue weighted by atomic mass is 9.94. The number of amides is 3. The van der Waals surface area contributed by atoms with Crippen molar-refractivity contribution in [3.63, 3.8) is 0 Å². The minimum Gasteiger partial charge on any atom is -0.353 e. The minimum absolute atomic E-state index is 0.0180. The van der Waals surface area contributed by atoms with E-state index in [1.807, 2.05) is 0 Å². The van der Waals surface area contributed by atoms with Gasteiger partial charge in [0, 0.05) is 43.7 Å². The smallest absolute Gasteiger partial charge is 0.228 e. The third-order valence-corrected chi connectivity index (χ3v) is 5.71. The first-order chi connectivity index (χ1) is 13.0. The van der Waals surface area contributed by atoms with Gasteiger partial charge in [-0.05, 0) is 49.9 Å². The number of carbonyl (C=O) groups excluding carboxylic acids is 3. The molecular weight excluding hydrogens is 349 g/mol. The molecule has 0 aromatic heterocycles. The maximum Gasteiger partial charge on any atom is 0.228 e. The van der Waals surface area contributed by atoms with Crippen molar-refractivity contribution in [1.82, 2.24) is 10.2 Å². The number of rotatable bonds is 4. The number of nitrogens with one attached hydrogen (secondary N) is 1. The Bertz CT molecular complexity index is 739. The molecule has 2 aliphatic heterocycles. The third kappa shape index (κ3) is 3.96. The van der Waals surface area contributed by atoms with Gasteiger partial charge in [-0.3, -0.25) is 14.4 Å². The van der Waals surface area contributed by atoms with Crippen molar-refractivity contribution >= 4 is 23.4 Å². The summed E-state index contributed by atoms with van der Waals surface area (Å²) >= 11 is 0. The molecule has 27 heavy (non-hydrogen) atoms. The summed E-state index contributed by atoms with van der Waals surface area (Å²) in [7, 11) is 0.